The summed E-state index contributed by atoms with van der Waals surface area (Å²) in [5, 5.41) is 24.6. The van der Waals surface area contributed by atoms with E-state index >= 15 is 0 Å². The van der Waals surface area contributed by atoms with Gasteiger partial charge in [0.2, 0.25) is 5.91 Å². The molecule has 0 aliphatic rings. The number of carbonyl (C=O) groups excluding carboxylic acids is 4. The first-order valence-corrected chi connectivity index (χ1v) is 14.5. The summed E-state index contributed by atoms with van der Waals surface area (Å²) in [5.74, 6) is -1.86. The van der Waals surface area contributed by atoms with Crippen LogP contribution >= 0.6 is 23.1 Å². The van der Waals surface area contributed by atoms with Crippen LogP contribution in [0.15, 0.2) is 23.4 Å². The zero-order chi connectivity index (χ0) is 31.1. The molecule has 0 radical (unpaired) electrons. The molecule has 3 rings (SSSR count). The second-order valence-corrected chi connectivity index (χ2v) is 11.2. The van der Waals surface area contributed by atoms with Crippen molar-refractivity contribution in [2.75, 3.05) is 18.5 Å². The number of benzene rings is 1. The molecule has 16 heteroatoms. The summed E-state index contributed by atoms with van der Waals surface area (Å²) < 4.78 is 11.8. The largest absolute Gasteiger partial charge is 0.462 e. The highest BCUT2D eigenvalue weighted by Crippen LogP contribution is 2.35. The predicted octanol–water partition coefficient (Wildman–Crippen LogP) is 3.80. The molecule has 2 aromatic heterocycles. The number of ether oxygens (including phenoxy) is 2. The van der Waals surface area contributed by atoms with Crippen LogP contribution in [0.25, 0.3) is 0 Å². The Morgan fingerprint density at radius 2 is 1.79 bits per heavy atom. The highest BCUT2D eigenvalue weighted by atomic mass is 32.2. The molecule has 0 fully saturated rings. The van der Waals surface area contributed by atoms with Gasteiger partial charge in [-0.3, -0.25) is 19.7 Å². The van der Waals surface area contributed by atoms with Gasteiger partial charge in [-0.15, -0.1) is 21.5 Å². The third-order valence-corrected chi connectivity index (χ3v) is 8.30. The van der Waals surface area contributed by atoms with Crippen LogP contribution < -0.4 is 10.6 Å². The highest BCUT2D eigenvalue weighted by Gasteiger charge is 2.29. The lowest BCUT2D eigenvalue weighted by molar-refractivity contribution is -0.385. The zero-order valence-corrected chi connectivity index (χ0v) is 25.4. The minimum absolute atomic E-state index is 0.0147. The minimum Gasteiger partial charge on any atom is -0.462 e. The summed E-state index contributed by atoms with van der Waals surface area (Å²) in [7, 11) is 1.66. The molecule has 1 aromatic carbocycles. The van der Waals surface area contributed by atoms with Crippen LogP contribution in [-0.4, -0.2) is 61.9 Å². The van der Waals surface area contributed by atoms with E-state index in [1.54, 1.807) is 46.2 Å². The number of aryl methyl sites for hydroxylation is 1. The van der Waals surface area contributed by atoms with Gasteiger partial charge in [-0.2, -0.15) is 0 Å². The Balaban J connectivity index is 1.70. The number of thiophene rings is 1. The molecule has 2 N–H and O–H groups in total. The van der Waals surface area contributed by atoms with Crippen LogP contribution in [0.1, 0.15) is 68.1 Å². The van der Waals surface area contributed by atoms with Gasteiger partial charge >= 0.3 is 11.9 Å². The van der Waals surface area contributed by atoms with Gasteiger partial charge in [-0.1, -0.05) is 17.8 Å². The lowest BCUT2D eigenvalue weighted by atomic mass is 10.1. The van der Waals surface area contributed by atoms with E-state index in [2.05, 4.69) is 20.8 Å². The van der Waals surface area contributed by atoms with Gasteiger partial charge in [0.1, 0.15) is 9.88 Å². The first-order chi connectivity index (χ1) is 19.9. The molecular formula is C26H30N6O8S2. The van der Waals surface area contributed by atoms with Crippen molar-refractivity contribution in [3.63, 3.8) is 0 Å². The summed E-state index contributed by atoms with van der Waals surface area (Å²) in [6, 6.07) is 4.20. The Bertz CT molecular complexity index is 1530. The van der Waals surface area contributed by atoms with E-state index in [9.17, 15) is 29.3 Å². The maximum absolute atomic E-state index is 13.1. The van der Waals surface area contributed by atoms with E-state index < -0.39 is 33.9 Å². The molecule has 3 aromatic rings. The fourth-order valence-corrected chi connectivity index (χ4v) is 5.60. The number of nitrogens with zero attached hydrogens (tertiary/aromatic N) is 4. The SMILES string of the molecule is CCOC(=O)c1sc(NC(=O)C(C)Sc2nnc(CNC(=O)c3ccc(C)c([N+](=O)[O-])c3)n2C)c(C(=O)OCC)c1C. The average molecular weight is 619 g/mol. The average Bonchev–Trinajstić information content (AvgIpc) is 3.45. The molecule has 1 unspecified atom stereocenters. The lowest BCUT2D eigenvalue weighted by Gasteiger charge is -2.12. The van der Waals surface area contributed by atoms with E-state index in [0.717, 1.165) is 23.1 Å². The van der Waals surface area contributed by atoms with Gasteiger partial charge in [0.25, 0.3) is 11.6 Å². The van der Waals surface area contributed by atoms with Crippen molar-refractivity contribution in [3.05, 3.63) is 61.3 Å². The van der Waals surface area contributed by atoms with Crippen molar-refractivity contribution < 1.29 is 33.6 Å². The Morgan fingerprint density at radius 1 is 1.12 bits per heavy atom. The molecule has 14 nitrogen and oxygen atoms in total. The number of nitro groups is 1. The molecule has 2 heterocycles. The molecule has 0 bridgehead atoms. The number of anilines is 1. The standard InChI is InChI=1S/C26H30N6O8S2/c1-7-39-24(35)19-14(4)20(25(36)40-8-2)42-23(19)28-21(33)15(5)41-26-30-29-18(31(26)6)12-27-22(34)16-10-9-13(3)17(11-16)32(37)38/h9-11,15H,7-8,12H2,1-6H3,(H,27,34)(H,28,33). The number of nitro benzene ring substituents is 1. The second kappa shape index (κ2) is 14.0. The van der Waals surface area contributed by atoms with Crippen molar-refractivity contribution in [3.8, 4) is 0 Å². The third kappa shape index (κ3) is 7.30. The van der Waals surface area contributed by atoms with Crippen molar-refractivity contribution in [2.45, 2.75) is 51.6 Å². The minimum atomic E-state index is -0.702. The summed E-state index contributed by atoms with van der Waals surface area (Å²) in [5.41, 5.74) is 0.858. The summed E-state index contributed by atoms with van der Waals surface area (Å²) in [6.45, 7) is 8.37. The van der Waals surface area contributed by atoms with Gasteiger partial charge < -0.3 is 24.7 Å². The van der Waals surface area contributed by atoms with Crippen molar-refractivity contribution in [2.24, 2.45) is 7.05 Å². The maximum Gasteiger partial charge on any atom is 0.348 e. The first-order valence-electron chi connectivity index (χ1n) is 12.8. The van der Waals surface area contributed by atoms with Crippen LogP contribution in [0.4, 0.5) is 10.7 Å². The number of esters is 2. The molecule has 0 saturated carbocycles. The molecule has 0 aliphatic heterocycles. The van der Waals surface area contributed by atoms with E-state index in [0.29, 0.717) is 22.1 Å². The number of carbonyl (C=O) groups is 4. The number of rotatable bonds is 12. The van der Waals surface area contributed by atoms with Gasteiger partial charge in [-0.25, -0.2) is 9.59 Å². The Labute approximate surface area is 249 Å². The number of hydrogen-bond acceptors (Lipinski definition) is 12. The number of nitrogens with one attached hydrogen (secondary N) is 2. The van der Waals surface area contributed by atoms with Crippen LogP contribution in [0.2, 0.25) is 0 Å². The molecular weight excluding hydrogens is 588 g/mol. The highest BCUT2D eigenvalue weighted by molar-refractivity contribution is 8.00. The normalized spacial score (nSPS) is 11.5. The van der Waals surface area contributed by atoms with Crippen molar-refractivity contribution in [1.29, 1.82) is 0 Å². The van der Waals surface area contributed by atoms with Crippen LogP contribution in [-0.2, 0) is 27.9 Å². The first kappa shape index (κ1) is 32.2. The molecule has 224 valence electrons. The van der Waals surface area contributed by atoms with E-state index in [1.807, 2.05) is 0 Å². The lowest BCUT2D eigenvalue weighted by Crippen LogP contribution is -2.25. The molecule has 42 heavy (non-hydrogen) atoms. The summed E-state index contributed by atoms with van der Waals surface area (Å²) in [4.78, 5) is 61.5. The van der Waals surface area contributed by atoms with Gasteiger partial charge in [0.15, 0.2) is 11.0 Å². The maximum atomic E-state index is 13.1. The quantitative estimate of drug-likeness (QED) is 0.130. The summed E-state index contributed by atoms with van der Waals surface area (Å²) in [6.07, 6.45) is 0. The number of amides is 2. The van der Waals surface area contributed by atoms with Crippen molar-refractivity contribution >= 4 is 57.5 Å². The van der Waals surface area contributed by atoms with E-state index in [1.165, 1.54) is 18.2 Å². The number of aromatic nitrogens is 3. The zero-order valence-electron chi connectivity index (χ0n) is 23.8. The summed E-state index contributed by atoms with van der Waals surface area (Å²) >= 11 is 2.02. The number of thioether (sulfide) groups is 1. The molecule has 0 saturated heterocycles. The molecule has 0 spiro atoms. The van der Waals surface area contributed by atoms with E-state index in [-0.39, 0.29) is 46.5 Å². The van der Waals surface area contributed by atoms with Crippen LogP contribution in [0.5, 0.6) is 0 Å². The Hall–Kier alpha value is -4.31. The topological polar surface area (TPSA) is 185 Å². The third-order valence-electron chi connectivity index (χ3n) is 5.98. The Kier molecular flexibility index (Phi) is 10.8. The smallest absolute Gasteiger partial charge is 0.348 e. The predicted molar refractivity (Wildman–Crippen MR) is 155 cm³/mol. The fraction of sp³-hybridized carbons (Fsp3) is 0.385. The van der Waals surface area contributed by atoms with E-state index in [4.69, 9.17) is 9.47 Å². The second-order valence-electron chi connectivity index (χ2n) is 8.85. The molecule has 0 aliphatic carbocycles. The van der Waals surface area contributed by atoms with Gasteiger partial charge in [0.05, 0.1) is 35.5 Å². The van der Waals surface area contributed by atoms with Crippen LogP contribution in [0.3, 0.4) is 0 Å². The molecule has 2 amide bonds. The number of hydrogen-bond donors (Lipinski definition) is 2. The van der Waals surface area contributed by atoms with Crippen molar-refractivity contribution in [1.82, 2.24) is 20.1 Å². The molecule has 1 atom stereocenters. The fourth-order valence-electron chi connectivity index (χ4n) is 3.68. The van der Waals surface area contributed by atoms with Gasteiger partial charge in [0, 0.05) is 24.2 Å². The Morgan fingerprint density at radius 3 is 2.43 bits per heavy atom. The monoisotopic (exact) mass is 618 g/mol. The van der Waals surface area contributed by atoms with Gasteiger partial charge in [-0.05, 0) is 46.2 Å². The van der Waals surface area contributed by atoms with Crippen LogP contribution in [0, 0.1) is 24.0 Å².